The van der Waals surface area contributed by atoms with Crippen molar-refractivity contribution in [2.45, 2.75) is 26.0 Å². The summed E-state index contributed by atoms with van der Waals surface area (Å²) < 4.78 is 9.95. The molecule has 0 fully saturated rings. The van der Waals surface area contributed by atoms with Crippen molar-refractivity contribution in [3.63, 3.8) is 0 Å². The highest BCUT2D eigenvalue weighted by Crippen LogP contribution is 2.00. The number of benzene rings is 1. The molecular weight excluding hydrogens is 288 g/mol. The van der Waals surface area contributed by atoms with Crippen molar-refractivity contribution >= 4 is 17.8 Å². The Kier molecular flexibility index (Phi) is 7.63. The van der Waals surface area contributed by atoms with Gasteiger partial charge in [0.15, 0.2) is 0 Å². The number of amides is 2. The van der Waals surface area contributed by atoms with Crippen molar-refractivity contribution in [1.29, 1.82) is 0 Å². The Balaban J connectivity index is 2.37. The topological polar surface area (TPSA) is 108 Å². The van der Waals surface area contributed by atoms with Gasteiger partial charge in [-0.2, -0.15) is 0 Å². The quantitative estimate of drug-likeness (QED) is 0.630. The number of carbonyl (C=O) groups is 3. The van der Waals surface area contributed by atoms with E-state index >= 15 is 0 Å². The van der Waals surface area contributed by atoms with Crippen LogP contribution in [0, 0.1) is 0 Å². The Hall–Kier alpha value is -2.41. The molecule has 22 heavy (non-hydrogen) atoms. The van der Waals surface area contributed by atoms with Crippen LogP contribution < -0.4 is 11.1 Å². The molecule has 0 bridgehead atoms. The first-order valence-corrected chi connectivity index (χ1v) is 6.89. The maximum atomic E-state index is 11.7. The largest absolute Gasteiger partial charge is 0.466 e. The predicted octanol–water partition coefficient (Wildman–Crippen LogP) is 0.126. The molecule has 7 nitrogen and oxygen atoms in total. The van der Waals surface area contributed by atoms with Crippen molar-refractivity contribution in [2.24, 2.45) is 5.73 Å². The van der Waals surface area contributed by atoms with Crippen LogP contribution in [-0.2, 0) is 30.5 Å². The SMILES string of the molecule is CCOC(=O)C[C@@H](NC(=O)COCc1ccccc1)C(N)=O. The van der Waals surface area contributed by atoms with E-state index < -0.39 is 23.8 Å². The molecule has 1 aromatic rings. The van der Waals surface area contributed by atoms with Crippen molar-refractivity contribution in [2.75, 3.05) is 13.2 Å². The molecule has 120 valence electrons. The number of esters is 1. The van der Waals surface area contributed by atoms with E-state index in [4.69, 9.17) is 15.2 Å². The zero-order valence-electron chi connectivity index (χ0n) is 12.4. The van der Waals surface area contributed by atoms with Gasteiger partial charge in [-0.3, -0.25) is 14.4 Å². The molecule has 0 aromatic heterocycles. The number of carbonyl (C=O) groups excluding carboxylic acids is 3. The van der Waals surface area contributed by atoms with Crippen LogP contribution in [0.3, 0.4) is 0 Å². The summed E-state index contributed by atoms with van der Waals surface area (Å²) in [5.74, 6) is -1.93. The number of rotatable bonds is 9. The van der Waals surface area contributed by atoms with Crippen LogP contribution in [0.15, 0.2) is 30.3 Å². The highest BCUT2D eigenvalue weighted by Gasteiger charge is 2.22. The van der Waals surface area contributed by atoms with Crippen LogP contribution >= 0.6 is 0 Å². The van der Waals surface area contributed by atoms with Gasteiger partial charge in [-0.1, -0.05) is 30.3 Å². The lowest BCUT2D eigenvalue weighted by molar-refractivity contribution is -0.145. The number of nitrogens with two attached hydrogens (primary N) is 1. The summed E-state index contributed by atoms with van der Waals surface area (Å²) in [6, 6.07) is 8.23. The Morgan fingerprint density at radius 3 is 2.50 bits per heavy atom. The van der Waals surface area contributed by atoms with E-state index in [0.29, 0.717) is 0 Å². The lowest BCUT2D eigenvalue weighted by Crippen LogP contribution is -2.47. The predicted molar refractivity (Wildman–Crippen MR) is 78.5 cm³/mol. The number of primary amides is 1. The maximum Gasteiger partial charge on any atom is 0.308 e. The Labute approximate surface area is 128 Å². The number of nitrogens with one attached hydrogen (secondary N) is 1. The summed E-state index contributed by atoms with van der Waals surface area (Å²) in [5.41, 5.74) is 6.07. The standard InChI is InChI=1S/C15H20N2O5/c1-2-22-14(19)8-12(15(16)20)17-13(18)10-21-9-11-6-4-3-5-7-11/h3-7,12H,2,8-10H2,1H3,(H2,16,20)(H,17,18)/t12-/m1/s1. The number of hydrogen-bond donors (Lipinski definition) is 2. The third-order valence-corrected chi connectivity index (χ3v) is 2.70. The summed E-state index contributed by atoms with van der Waals surface area (Å²) in [6.07, 6.45) is -0.298. The van der Waals surface area contributed by atoms with Crippen LogP contribution in [0.2, 0.25) is 0 Å². The second-order valence-corrected chi connectivity index (χ2v) is 4.51. The minimum absolute atomic E-state index is 0.193. The fourth-order valence-electron chi connectivity index (χ4n) is 1.68. The molecule has 0 unspecified atom stereocenters. The first kappa shape index (κ1) is 17.6. The molecule has 0 aliphatic heterocycles. The van der Waals surface area contributed by atoms with E-state index in [0.717, 1.165) is 5.56 Å². The molecule has 0 aliphatic rings. The smallest absolute Gasteiger partial charge is 0.308 e. The van der Waals surface area contributed by atoms with Crippen LogP contribution in [-0.4, -0.2) is 37.0 Å². The van der Waals surface area contributed by atoms with Crippen LogP contribution in [0.4, 0.5) is 0 Å². The molecule has 0 spiro atoms. The lowest BCUT2D eigenvalue weighted by atomic mass is 10.2. The van der Waals surface area contributed by atoms with E-state index in [1.54, 1.807) is 6.92 Å². The molecule has 0 radical (unpaired) electrons. The van der Waals surface area contributed by atoms with Gasteiger partial charge in [0.05, 0.1) is 19.6 Å². The van der Waals surface area contributed by atoms with Gasteiger partial charge < -0.3 is 20.5 Å². The van der Waals surface area contributed by atoms with Crippen LogP contribution in [0.25, 0.3) is 0 Å². The lowest BCUT2D eigenvalue weighted by Gasteiger charge is -2.14. The first-order valence-electron chi connectivity index (χ1n) is 6.89. The third-order valence-electron chi connectivity index (χ3n) is 2.70. The minimum atomic E-state index is -1.10. The zero-order chi connectivity index (χ0) is 16.4. The average molecular weight is 308 g/mol. The third kappa shape index (κ3) is 6.85. The number of ether oxygens (including phenoxy) is 2. The summed E-state index contributed by atoms with van der Waals surface area (Å²) >= 11 is 0. The zero-order valence-corrected chi connectivity index (χ0v) is 12.4. The van der Waals surface area contributed by atoms with E-state index in [1.807, 2.05) is 30.3 Å². The Morgan fingerprint density at radius 2 is 1.91 bits per heavy atom. The molecule has 0 heterocycles. The van der Waals surface area contributed by atoms with E-state index in [9.17, 15) is 14.4 Å². The van der Waals surface area contributed by atoms with Crippen molar-refractivity contribution in [1.82, 2.24) is 5.32 Å². The molecule has 1 aromatic carbocycles. The minimum Gasteiger partial charge on any atom is -0.466 e. The summed E-state index contributed by atoms with van der Waals surface area (Å²) in [5, 5.41) is 2.35. The molecule has 2 amide bonds. The Morgan fingerprint density at radius 1 is 1.23 bits per heavy atom. The highest BCUT2D eigenvalue weighted by atomic mass is 16.5. The molecule has 7 heteroatoms. The van der Waals surface area contributed by atoms with Gasteiger partial charge in [0.1, 0.15) is 12.6 Å². The maximum absolute atomic E-state index is 11.7. The van der Waals surface area contributed by atoms with Gasteiger partial charge in [-0.15, -0.1) is 0 Å². The summed E-state index contributed by atoms with van der Waals surface area (Å²) in [6.45, 7) is 1.88. The first-order chi connectivity index (χ1) is 10.5. The average Bonchev–Trinajstić information content (AvgIpc) is 2.48. The fourth-order valence-corrected chi connectivity index (χ4v) is 1.68. The highest BCUT2D eigenvalue weighted by molar-refractivity contribution is 5.90. The molecule has 1 rings (SSSR count). The molecule has 0 saturated heterocycles. The van der Waals surface area contributed by atoms with E-state index in [1.165, 1.54) is 0 Å². The van der Waals surface area contributed by atoms with Gasteiger partial charge in [0.2, 0.25) is 11.8 Å². The Bertz CT molecular complexity index is 504. The normalized spacial score (nSPS) is 11.5. The van der Waals surface area contributed by atoms with Gasteiger partial charge >= 0.3 is 5.97 Å². The monoisotopic (exact) mass is 308 g/mol. The molecular formula is C15H20N2O5. The van der Waals surface area contributed by atoms with Gasteiger partial charge in [-0.25, -0.2) is 0 Å². The second kappa shape index (κ2) is 9.51. The molecule has 0 aliphatic carbocycles. The molecule has 3 N–H and O–H groups in total. The molecule has 0 saturated carbocycles. The fraction of sp³-hybridized carbons (Fsp3) is 0.400. The van der Waals surface area contributed by atoms with Crippen molar-refractivity contribution in [3.8, 4) is 0 Å². The van der Waals surface area contributed by atoms with Crippen molar-refractivity contribution in [3.05, 3.63) is 35.9 Å². The van der Waals surface area contributed by atoms with Gasteiger partial charge in [0.25, 0.3) is 0 Å². The van der Waals surface area contributed by atoms with E-state index in [2.05, 4.69) is 5.32 Å². The van der Waals surface area contributed by atoms with Crippen LogP contribution in [0.1, 0.15) is 18.9 Å². The van der Waals surface area contributed by atoms with Gasteiger partial charge in [-0.05, 0) is 12.5 Å². The van der Waals surface area contributed by atoms with E-state index in [-0.39, 0.29) is 26.2 Å². The second-order valence-electron chi connectivity index (χ2n) is 4.51. The number of hydrogen-bond acceptors (Lipinski definition) is 5. The summed E-state index contributed by atoms with van der Waals surface area (Å²) in [4.78, 5) is 34.2. The summed E-state index contributed by atoms with van der Waals surface area (Å²) in [7, 11) is 0. The van der Waals surface area contributed by atoms with Gasteiger partial charge in [0, 0.05) is 0 Å². The molecule has 1 atom stereocenters. The van der Waals surface area contributed by atoms with Crippen LogP contribution in [0.5, 0.6) is 0 Å². The van der Waals surface area contributed by atoms with Crippen molar-refractivity contribution < 1.29 is 23.9 Å².